The second kappa shape index (κ2) is 6.97. The van der Waals surface area contributed by atoms with Gasteiger partial charge in [-0.05, 0) is 38.3 Å². The van der Waals surface area contributed by atoms with Crippen LogP contribution in [-0.4, -0.2) is 36.2 Å². The highest BCUT2D eigenvalue weighted by Gasteiger charge is 2.26. The van der Waals surface area contributed by atoms with E-state index >= 15 is 0 Å². The Morgan fingerprint density at radius 2 is 2.24 bits per heavy atom. The Balaban J connectivity index is 2.31. The smallest absolute Gasteiger partial charge is 0.339 e. The lowest BCUT2D eigenvalue weighted by Crippen LogP contribution is -2.36. The Morgan fingerprint density at radius 1 is 1.43 bits per heavy atom. The second-order valence-electron chi connectivity index (χ2n) is 4.76. The zero-order chi connectivity index (χ0) is 15.2. The third-order valence-corrected chi connectivity index (χ3v) is 3.25. The van der Waals surface area contributed by atoms with Crippen molar-refractivity contribution in [1.29, 1.82) is 0 Å². The Morgan fingerprint density at radius 3 is 2.95 bits per heavy atom. The SMILES string of the molecule is CCOc1cccc(C(=O)O)c1OC1CCCCNC1=O. The zero-order valence-electron chi connectivity index (χ0n) is 11.9. The molecule has 2 N–H and O–H groups in total. The molecule has 1 unspecified atom stereocenters. The average Bonchev–Trinajstić information content (AvgIpc) is 2.66. The second-order valence-corrected chi connectivity index (χ2v) is 4.76. The number of carbonyl (C=O) groups is 2. The van der Waals surface area contributed by atoms with Crippen LogP contribution in [0.15, 0.2) is 18.2 Å². The molecule has 2 rings (SSSR count). The molecule has 1 atom stereocenters. The van der Waals surface area contributed by atoms with Gasteiger partial charge in [0.1, 0.15) is 5.56 Å². The molecule has 0 spiro atoms. The van der Waals surface area contributed by atoms with Crippen molar-refractivity contribution in [3.05, 3.63) is 23.8 Å². The number of carbonyl (C=O) groups excluding carboxylic acids is 1. The molecule has 114 valence electrons. The molecule has 6 nitrogen and oxygen atoms in total. The predicted molar refractivity (Wildman–Crippen MR) is 75.8 cm³/mol. The maximum absolute atomic E-state index is 11.9. The van der Waals surface area contributed by atoms with Gasteiger partial charge >= 0.3 is 5.97 Å². The van der Waals surface area contributed by atoms with Gasteiger partial charge in [0.05, 0.1) is 6.61 Å². The van der Waals surface area contributed by atoms with Crippen molar-refractivity contribution >= 4 is 11.9 Å². The fourth-order valence-corrected chi connectivity index (χ4v) is 2.24. The first kappa shape index (κ1) is 15.2. The van der Waals surface area contributed by atoms with Crippen molar-refractivity contribution in [2.45, 2.75) is 32.3 Å². The number of hydrogen-bond donors (Lipinski definition) is 2. The molecule has 6 heteroatoms. The minimum Gasteiger partial charge on any atom is -0.490 e. The number of hydrogen-bond acceptors (Lipinski definition) is 4. The van der Waals surface area contributed by atoms with E-state index in [2.05, 4.69) is 5.32 Å². The van der Waals surface area contributed by atoms with E-state index in [1.807, 2.05) is 0 Å². The highest BCUT2D eigenvalue weighted by molar-refractivity contribution is 5.92. The number of nitrogens with one attached hydrogen (secondary N) is 1. The summed E-state index contributed by atoms with van der Waals surface area (Å²) in [4.78, 5) is 23.3. The molecule has 1 amide bonds. The molecule has 0 aromatic heterocycles. The molecule has 1 aromatic rings. The van der Waals surface area contributed by atoms with Gasteiger partial charge < -0.3 is 19.9 Å². The molecule has 0 aliphatic carbocycles. The van der Waals surface area contributed by atoms with Crippen molar-refractivity contribution < 1.29 is 24.2 Å². The summed E-state index contributed by atoms with van der Waals surface area (Å²) in [6, 6.07) is 4.67. The molecule has 0 saturated carbocycles. The summed E-state index contributed by atoms with van der Waals surface area (Å²) in [5.41, 5.74) is -0.00185. The largest absolute Gasteiger partial charge is 0.490 e. The highest BCUT2D eigenvalue weighted by atomic mass is 16.5. The highest BCUT2D eigenvalue weighted by Crippen LogP contribution is 2.33. The molecule has 1 fully saturated rings. The monoisotopic (exact) mass is 293 g/mol. The number of aromatic carboxylic acids is 1. The van der Waals surface area contributed by atoms with Gasteiger partial charge in [0.15, 0.2) is 17.6 Å². The maximum Gasteiger partial charge on any atom is 0.339 e. The molecule has 1 aliphatic rings. The van der Waals surface area contributed by atoms with Crippen LogP contribution >= 0.6 is 0 Å². The van der Waals surface area contributed by atoms with Gasteiger partial charge in [-0.1, -0.05) is 6.07 Å². The molecule has 21 heavy (non-hydrogen) atoms. The van der Waals surface area contributed by atoms with Crippen molar-refractivity contribution in [2.75, 3.05) is 13.2 Å². The summed E-state index contributed by atoms with van der Waals surface area (Å²) in [6.45, 7) is 2.81. The first-order valence-corrected chi connectivity index (χ1v) is 7.07. The van der Waals surface area contributed by atoms with Gasteiger partial charge in [0.25, 0.3) is 5.91 Å². The van der Waals surface area contributed by atoms with Gasteiger partial charge in [0.2, 0.25) is 0 Å². The van der Waals surface area contributed by atoms with Crippen LogP contribution in [0.2, 0.25) is 0 Å². The van der Waals surface area contributed by atoms with E-state index in [1.54, 1.807) is 19.1 Å². The fraction of sp³-hybridized carbons (Fsp3) is 0.467. The van der Waals surface area contributed by atoms with Crippen LogP contribution in [-0.2, 0) is 4.79 Å². The van der Waals surface area contributed by atoms with Crippen LogP contribution in [0.1, 0.15) is 36.5 Å². The summed E-state index contributed by atoms with van der Waals surface area (Å²) in [6.07, 6.45) is 1.62. The number of rotatable bonds is 5. The zero-order valence-corrected chi connectivity index (χ0v) is 11.9. The average molecular weight is 293 g/mol. The fourth-order valence-electron chi connectivity index (χ4n) is 2.24. The van der Waals surface area contributed by atoms with Crippen molar-refractivity contribution in [3.63, 3.8) is 0 Å². The van der Waals surface area contributed by atoms with E-state index in [9.17, 15) is 14.7 Å². The normalized spacial score (nSPS) is 18.5. The standard InChI is InChI=1S/C15H19NO5/c1-2-20-11-8-5-6-10(15(18)19)13(11)21-12-7-3-4-9-16-14(12)17/h5-6,8,12H,2-4,7,9H2,1H3,(H,16,17)(H,18,19). The van der Waals surface area contributed by atoms with Gasteiger partial charge in [-0.2, -0.15) is 0 Å². The maximum atomic E-state index is 11.9. The van der Waals surface area contributed by atoms with Crippen LogP contribution in [0.5, 0.6) is 11.5 Å². The Labute approximate surface area is 123 Å². The van der Waals surface area contributed by atoms with E-state index in [4.69, 9.17) is 9.47 Å². The van der Waals surface area contributed by atoms with Crippen LogP contribution in [0.25, 0.3) is 0 Å². The third kappa shape index (κ3) is 3.65. The van der Waals surface area contributed by atoms with Crippen molar-refractivity contribution in [1.82, 2.24) is 5.32 Å². The molecular weight excluding hydrogens is 274 g/mol. The lowest BCUT2D eigenvalue weighted by molar-refractivity contribution is -0.127. The Kier molecular flexibility index (Phi) is 5.03. The molecule has 0 bridgehead atoms. The summed E-state index contributed by atoms with van der Waals surface area (Å²) >= 11 is 0. The van der Waals surface area contributed by atoms with Gasteiger partial charge in [-0.3, -0.25) is 4.79 Å². The topological polar surface area (TPSA) is 84.9 Å². The molecule has 1 aliphatic heterocycles. The molecule has 1 saturated heterocycles. The molecule has 1 heterocycles. The van der Waals surface area contributed by atoms with E-state index in [0.29, 0.717) is 25.3 Å². The summed E-state index contributed by atoms with van der Waals surface area (Å²) in [5, 5.41) is 12.0. The summed E-state index contributed by atoms with van der Waals surface area (Å²) < 4.78 is 11.1. The van der Waals surface area contributed by atoms with Gasteiger partial charge in [0, 0.05) is 6.54 Å². The van der Waals surface area contributed by atoms with Gasteiger partial charge in [-0.15, -0.1) is 0 Å². The minimum absolute atomic E-state index is 0.00185. The summed E-state index contributed by atoms with van der Waals surface area (Å²) in [7, 11) is 0. The quantitative estimate of drug-likeness (QED) is 0.865. The van der Waals surface area contributed by atoms with E-state index in [1.165, 1.54) is 6.07 Å². The van der Waals surface area contributed by atoms with Crippen LogP contribution in [0, 0.1) is 0 Å². The lowest BCUT2D eigenvalue weighted by Gasteiger charge is -2.19. The van der Waals surface area contributed by atoms with Gasteiger partial charge in [-0.25, -0.2) is 4.79 Å². The van der Waals surface area contributed by atoms with Crippen LogP contribution in [0.4, 0.5) is 0 Å². The van der Waals surface area contributed by atoms with Crippen molar-refractivity contribution in [3.8, 4) is 11.5 Å². The number of para-hydroxylation sites is 1. The van der Waals surface area contributed by atoms with E-state index in [0.717, 1.165) is 12.8 Å². The molecular formula is C15H19NO5. The predicted octanol–water partition coefficient (Wildman–Crippen LogP) is 1.83. The number of ether oxygens (including phenoxy) is 2. The minimum atomic E-state index is -1.11. The molecule has 0 radical (unpaired) electrons. The Bertz CT molecular complexity index is 529. The van der Waals surface area contributed by atoms with E-state index < -0.39 is 12.1 Å². The van der Waals surface area contributed by atoms with E-state index in [-0.39, 0.29) is 17.2 Å². The van der Waals surface area contributed by atoms with Crippen molar-refractivity contribution in [2.24, 2.45) is 0 Å². The number of carboxylic acid groups (broad SMARTS) is 1. The number of carboxylic acids is 1. The first-order chi connectivity index (χ1) is 10.1. The van der Waals surface area contributed by atoms with Crippen LogP contribution < -0.4 is 14.8 Å². The molecule has 1 aromatic carbocycles. The lowest BCUT2D eigenvalue weighted by atomic mass is 10.1. The first-order valence-electron chi connectivity index (χ1n) is 7.07. The number of benzene rings is 1. The third-order valence-electron chi connectivity index (χ3n) is 3.25. The number of amides is 1. The van der Waals surface area contributed by atoms with Crippen LogP contribution in [0.3, 0.4) is 0 Å². The summed E-state index contributed by atoms with van der Waals surface area (Å²) in [5.74, 6) is -0.862. The Hall–Kier alpha value is -2.24.